The maximum Gasteiger partial charge on any atom is 0.303 e. The Morgan fingerprint density at radius 1 is 1.18 bits per heavy atom. The fraction of sp³-hybridized carbons (Fsp3) is 0.750. The second-order valence-corrected chi connectivity index (χ2v) is 8.76. The van der Waals surface area contributed by atoms with Gasteiger partial charge in [-0.25, -0.2) is 0 Å². The fourth-order valence-electron chi connectivity index (χ4n) is 4.38. The number of carbonyl (C=O) groups excluding carboxylic acids is 1. The molecular formula is C24H38O4. The zero-order valence-electron chi connectivity index (χ0n) is 17.4. The number of ketones is 1. The van der Waals surface area contributed by atoms with Crippen LogP contribution in [0, 0.1) is 17.8 Å². The molecule has 0 bridgehead atoms. The predicted molar refractivity (Wildman–Crippen MR) is 112 cm³/mol. The van der Waals surface area contributed by atoms with E-state index in [9.17, 15) is 14.7 Å². The van der Waals surface area contributed by atoms with Crippen LogP contribution in [0.5, 0.6) is 0 Å². The van der Waals surface area contributed by atoms with E-state index in [1.807, 2.05) is 6.08 Å². The van der Waals surface area contributed by atoms with E-state index >= 15 is 0 Å². The molecule has 2 aliphatic carbocycles. The molecule has 4 heteroatoms. The van der Waals surface area contributed by atoms with E-state index in [1.165, 1.54) is 12.8 Å². The van der Waals surface area contributed by atoms with E-state index in [2.05, 4.69) is 19.1 Å². The summed E-state index contributed by atoms with van der Waals surface area (Å²) in [5.41, 5.74) is -0.558. The van der Waals surface area contributed by atoms with Gasteiger partial charge in [0.2, 0.25) is 0 Å². The number of hydrogen-bond acceptors (Lipinski definition) is 3. The molecule has 0 radical (unpaired) electrons. The molecule has 3 atom stereocenters. The van der Waals surface area contributed by atoms with Gasteiger partial charge >= 0.3 is 5.97 Å². The summed E-state index contributed by atoms with van der Waals surface area (Å²) in [5, 5.41) is 19.7. The fourth-order valence-corrected chi connectivity index (χ4v) is 4.38. The number of unbranched alkanes of at least 4 members (excludes halogenated alkanes) is 5. The number of aliphatic carboxylic acids is 1. The average Bonchev–Trinajstić information content (AvgIpc) is 3.45. The largest absolute Gasteiger partial charge is 0.481 e. The molecule has 2 rings (SSSR count). The van der Waals surface area contributed by atoms with E-state index in [-0.39, 0.29) is 24.0 Å². The number of carbonyl (C=O) groups is 2. The van der Waals surface area contributed by atoms with Gasteiger partial charge in [-0.15, -0.1) is 0 Å². The smallest absolute Gasteiger partial charge is 0.303 e. The highest BCUT2D eigenvalue weighted by atomic mass is 16.4. The third-order valence-corrected chi connectivity index (χ3v) is 6.35. The second kappa shape index (κ2) is 11.5. The van der Waals surface area contributed by atoms with Crippen LogP contribution in [0.15, 0.2) is 24.3 Å². The Kier molecular flexibility index (Phi) is 9.43. The molecule has 0 aromatic rings. The van der Waals surface area contributed by atoms with Crippen molar-refractivity contribution in [2.45, 2.75) is 96.0 Å². The van der Waals surface area contributed by atoms with Crippen molar-refractivity contribution in [3.63, 3.8) is 0 Å². The van der Waals surface area contributed by atoms with Crippen LogP contribution in [0.4, 0.5) is 0 Å². The molecule has 0 saturated heterocycles. The minimum Gasteiger partial charge on any atom is -0.481 e. The second-order valence-electron chi connectivity index (χ2n) is 8.76. The molecule has 1 fully saturated rings. The molecule has 0 aromatic carbocycles. The number of hydrogen-bond donors (Lipinski definition) is 2. The zero-order valence-corrected chi connectivity index (χ0v) is 17.4. The molecule has 0 aromatic heterocycles. The van der Waals surface area contributed by atoms with Crippen LogP contribution in [0.3, 0.4) is 0 Å². The van der Waals surface area contributed by atoms with Gasteiger partial charge in [-0.3, -0.25) is 9.59 Å². The summed E-state index contributed by atoms with van der Waals surface area (Å²) >= 11 is 0. The van der Waals surface area contributed by atoms with Gasteiger partial charge in [0.15, 0.2) is 5.78 Å². The predicted octanol–water partition coefficient (Wildman–Crippen LogP) is 5.45. The van der Waals surface area contributed by atoms with E-state index < -0.39 is 11.6 Å². The molecule has 0 heterocycles. The third kappa shape index (κ3) is 7.54. The average molecular weight is 391 g/mol. The van der Waals surface area contributed by atoms with Crippen molar-refractivity contribution >= 4 is 11.8 Å². The van der Waals surface area contributed by atoms with Crippen LogP contribution in [-0.4, -0.2) is 27.6 Å². The van der Waals surface area contributed by atoms with Crippen LogP contribution in [0.1, 0.15) is 90.4 Å². The van der Waals surface area contributed by atoms with Gasteiger partial charge in [-0.2, -0.15) is 0 Å². The molecule has 4 nitrogen and oxygen atoms in total. The summed E-state index contributed by atoms with van der Waals surface area (Å²) in [7, 11) is 0. The lowest BCUT2D eigenvalue weighted by Crippen LogP contribution is -2.30. The molecule has 2 aliphatic rings. The minimum atomic E-state index is -0.735. The summed E-state index contributed by atoms with van der Waals surface area (Å²) in [6, 6.07) is 0. The van der Waals surface area contributed by atoms with E-state index in [0.29, 0.717) is 18.8 Å². The van der Waals surface area contributed by atoms with Gasteiger partial charge in [0.1, 0.15) is 0 Å². The van der Waals surface area contributed by atoms with Gasteiger partial charge in [0, 0.05) is 18.3 Å². The standard InChI is InChI=1S/C24H38O4/c1-2-3-8-17-24(28,20-14-15-20)18-9-10-19-13-16-22(25)21(19)11-6-4-5-7-12-23(26)27/h9-10,13,16,19-21,28H,2-8,11-12,14-15,17-18H2,1H3,(H,26,27)/t19-,21+,24?/m0/s1. The zero-order chi connectivity index (χ0) is 20.4. The molecule has 0 spiro atoms. The Labute approximate surface area is 170 Å². The Bertz CT molecular complexity index is 561. The molecule has 0 aliphatic heterocycles. The highest BCUT2D eigenvalue weighted by Gasteiger charge is 2.42. The first kappa shape index (κ1) is 22.9. The van der Waals surface area contributed by atoms with Crippen LogP contribution in [0.25, 0.3) is 0 Å². The van der Waals surface area contributed by atoms with Crippen molar-refractivity contribution in [2.24, 2.45) is 17.8 Å². The number of carboxylic acids is 1. The van der Waals surface area contributed by atoms with E-state index in [4.69, 9.17) is 5.11 Å². The van der Waals surface area contributed by atoms with Gasteiger partial charge in [0.05, 0.1) is 5.60 Å². The quantitative estimate of drug-likeness (QED) is 0.288. The van der Waals surface area contributed by atoms with Crippen molar-refractivity contribution in [1.29, 1.82) is 0 Å². The van der Waals surface area contributed by atoms with Crippen molar-refractivity contribution in [3.05, 3.63) is 24.3 Å². The van der Waals surface area contributed by atoms with Crippen molar-refractivity contribution in [3.8, 4) is 0 Å². The summed E-state index contributed by atoms with van der Waals surface area (Å²) in [4.78, 5) is 22.7. The van der Waals surface area contributed by atoms with Gasteiger partial charge in [-0.05, 0) is 50.5 Å². The summed E-state index contributed by atoms with van der Waals surface area (Å²) < 4.78 is 0. The van der Waals surface area contributed by atoms with Crippen molar-refractivity contribution < 1.29 is 19.8 Å². The lowest BCUT2D eigenvalue weighted by atomic mass is 9.85. The number of allylic oxidation sites excluding steroid dienone is 3. The first-order valence-corrected chi connectivity index (χ1v) is 11.3. The number of rotatable bonds is 15. The highest BCUT2D eigenvalue weighted by Crippen LogP contribution is 2.44. The van der Waals surface area contributed by atoms with E-state index in [1.54, 1.807) is 6.08 Å². The van der Waals surface area contributed by atoms with Crippen LogP contribution in [0.2, 0.25) is 0 Å². The highest BCUT2D eigenvalue weighted by molar-refractivity contribution is 5.94. The van der Waals surface area contributed by atoms with Crippen molar-refractivity contribution in [2.75, 3.05) is 0 Å². The summed E-state index contributed by atoms with van der Waals surface area (Å²) in [6.07, 6.45) is 19.9. The number of carboxylic acid groups (broad SMARTS) is 1. The Balaban J connectivity index is 1.76. The van der Waals surface area contributed by atoms with Crippen LogP contribution >= 0.6 is 0 Å². The first-order valence-electron chi connectivity index (χ1n) is 11.3. The maximum atomic E-state index is 12.2. The molecule has 158 valence electrons. The summed E-state index contributed by atoms with van der Waals surface area (Å²) in [6.45, 7) is 2.19. The van der Waals surface area contributed by atoms with Crippen LogP contribution < -0.4 is 0 Å². The van der Waals surface area contributed by atoms with Crippen LogP contribution in [-0.2, 0) is 9.59 Å². The first-order chi connectivity index (χ1) is 13.5. The molecule has 1 saturated carbocycles. The Morgan fingerprint density at radius 2 is 1.93 bits per heavy atom. The Hall–Kier alpha value is -1.42. The normalized spacial score (nSPS) is 24.1. The number of aliphatic hydroxyl groups is 1. The van der Waals surface area contributed by atoms with E-state index in [0.717, 1.165) is 51.4 Å². The molecule has 1 unspecified atom stereocenters. The Morgan fingerprint density at radius 3 is 2.61 bits per heavy atom. The maximum absolute atomic E-state index is 12.2. The van der Waals surface area contributed by atoms with Gasteiger partial charge < -0.3 is 10.2 Å². The lowest BCUT2D eigenvalue weighted by Gasteiger charge is -2.27. The monoisotopic (exact) mass is 390 g/mol. The molecule has 0 amide bonds. The van der Waals surface area contributed by atoms with Crippen molar-refractivity contribution in [1.82, 2.24) is 0 Å². The topological polar surface area (TPSA) is 74.6 Å². The third-order valence-electron chi connectivity index (χ3n) is 6.35. The summed E-state index contributed by atoms with van der Waals surface area (Å²) in [5.74, 6) is 0.0913. The SMILES string of the molecule is CCCCCC(O)(CC=C[C@H]1C=CC(=O)[C@@H]1CCCCCCC(=O)O)C1CC1. The molecular weight excluding hydrogens is 352 g/mol. The minimum absolute atomic E-state index is 0.0184. The van der Waals surface area contributed by atoms with Gasteiger partial charge in [-0.1, -0.05) is 63.7 Å². The molecule has 2 N–H and O–H groups in total. The van der Waals surface area contributed by atoms with Gasteiger partial charge in [0.25, 0.3) is 0 Å². The lowest BCUT2D eigenvalue weighted by molar-refractivity contribution is -0.137. The molecule has 28 heavy (non-hydrogen) atoms.